The number of nitrogens with zero attached hydrogens (tertiary/aromatic N) is 2. The third kappa shape index (κ3) is 3.95. The average molecular weight is 327 g/mol. The van der Waals surface area contributed by atoms with E-state index < -0.39 is 6.04 Å². The fraction of sp³-hybridized carbons (Fsp3) is 0.875. The van der Waals surface area contributed by atoms with Crippen LogP contribution in [-0.2, 0) is 14.3 Å². The van der Waals surface area contributed by atoms with Crippen molar-refractivity contribution in [3.8, 4) is 0 Å². The van der Waals surface area contributed by atoms with Crippen LogP contribution in [-0.4, -0.2) is 80.4 Å². The fourth-order valence-electron chi connectivity index (χ4n) is 3.47. The summed E-state index contributed by atoms with van der Waals surface area (Å²) in [4.78, 5) is 28.0. The number of carbonyl (C=O) groups excluding carboxylic acids is 2. The van der Waals surface area contributed by atoms with Gasteiger partial charge in [-0.15, -0.1) is 0 Å². The maximum atomic E-state index is 12.7. The predicted octanol–water partition coefficient (Wildman–Crippen LogP) is 0.690. The van der Waals surface area contributed by atoms with Crippen molar-refractivity contribution >= 4 is 12.0 Å². The number of amides is 2. The lowest BCUT2D eigenvalue weighted by Gasteiger charge is -2.45. The molecule has 7 heteroatoms. The van der Waals surface area contributed by atoms with E-state index in [-0.39, 0.29) is 23.5 Å². The molecule has 2 saturated heterocycles. The van der Waals surface area contributed by atoms with E-state index in [0.29, 0.717) is 13.1 Å². The Bertz CT molecular complexity index is 425. The third-order valence-corrected chi connectivity index (χ3v) is 4.87. The van der Waals surface area contributed by atoms with Crippen molar-refractivity contribution in [2.24, 2.45) is 5.92 Å². The van der Waals surface area contributed by atoms with Crippen LogP contribution in [0.2, 0.25) is 0 Å². The highest BCUT2D eigenvalue weighted by atomic mass is 16.5. The van der Waals surface area contributed by atoms with E-state index in [4.69, 9.17) is 9.47 Å². The highest BCUT2D eigenvalue weighted by Crippen LogP contribution is 2.28. The Hall–Kier alpha value is -1.34. The molecule has 0 aromatic carbocycles. The summed E-state index contributed by atoms with van der Waals surface area (Å²) < 4.78 is 10.8. The van der Waals surface area contributed by atoms with Crippen LogP contribution in [0.4, 0.5) is 4.79 Å². The van der Waals surface area contributed by atoms with Gasteiger partial charge >= 0.3 is 12.0 Å². The molecule has 0 aromatic rings. The van der Waals surface area contributed by atoms with Crippen molar-refractivity contribution in [3.05, 3.63) is 0 Å². The summed E-state index contributed by atoms with van der Waals surface area (Å²) >= 11 is 0. The highest BCUT2D eigenvalue weighted by Gasteiger charge is 2.40. The Kier molecular flexibility index (Phi) is 5.86. The van der Waals surface area contributed by atoms with E-state index in [0.717, 1.165) is 32.5 Å². The van der Waals surface area contributed by atoms with Crippen molar-refractivity contribution in [1.29, 1.82) is 0 Å². The second-order valence-electron chi connectivity index (χ2n) is 6.80. The quantitative estimate of drug-likeness (QED) is 0.772. The Morgan fingerprint density at radius 2 is 1.96 bits per heavy atom. The van der Waals surface area contributed by atoms with Gasteiger partial charge in [-0.3, -0.25) is 0 Å². The molecule has 132 valence electrons. The summed E-state index contributed by atoms with van der Waals surface area (Å²) in [5, 5.41) is 3.37. The number of likely N-dealkylation sites (tertiary alicyclic amines) is 1. The van der Waals surface area contributed by atoms with Crippen LogP contribution in [0.25, 0.3) is 0 Å². The minimum Gasteiger partial charge on any atom is -0.467 e. The van der Waals surface area contributed by atoms with Crippen molar-refractivity contribution < 1.29 is 19.1 Å². The molecular formula is C16H29N3O4. The molecule has 1 spiro atoms. The van der Waals surface area contributed by atoms with Crippen molar-refractivity contribution in [2.45, 2.75) is 38.3 Å². The van der Waals surface area contributed by atoms with Gasteiger partial charge in [0.1, 0.15) is 6.04 Å². The molecule has 2 heterocycles. The van der Waals surface area contributed by atoms with Gasteiger partial charge in [-0.25, -0.2) is 9.59 Å². The van der Waals surface area contributed by atoms with Gasteiger partial charge < -0.3 is 24.6 Å². The summed E-state index contributed by atoms with van der Waals surface area (Å²) in [6.45, 7) is 7.60. The van der Waals surface area contributed by atoms with Gasteiger partial charge in [0.25, 0.3) is 0 Å². The smallest absolute Gasteiger partial charge is 0.328 e. The molecule has 0 radical (unpaired) electrons. The maximum absolute atomic E-state index is 12.7. The average Bonchev–Trinajstić information content (AvgIpc) is 2.55. The normalized spacial score (nSPS) is 22.0. The number of carbonyl (C=O) groups is 2. The molecule has 0 bridgehead atoms. The molecular weight excluding hydrogens is 298 g/mol. The molecule has 7 nitrogen and oxygen atoms in total. The molecule has 2 aliphatic rings. The molecule has 23 heavy (non-hydrogen) atoms. The first kappa shape index (κ1) is 18.0. The zero-order valence-electron chi connectivity index (χ0n) is 14.6. The largest absolute Gasteiger partial charge is 0.467 e. The number of methoxy groups -OCH3 is 1. The van der Waals surface area contributed by atoms with Gasteiger partial charge in [-0.1, -0.05) is 13.8 Å². The minimum atomic E-state index is -0.559. The van der Waals surface area contributed by atoms with Crippen molar-refractivity contribution in [1.82, 2.24) is 15.1 Å². The number of ether oxygens (including phenoxy) is 2. The van der Waals surface area contributed by atoms with Crippen LogP contribution in [0.5, 0.6) is 0 Å². The third-order valence-electron chi connectivity index (χ3n) is 4.87. The van der Waals surface area contributed by atoms with E-state index in [9.17, 15) is 9.59 Å². The lowest BCUT2D eigenvalue weighted by atomic mass is 9.90. The second kappa shape index (κ2) is 7.49. The molecule has 1 N–H and O–H groups in total. The number of urea groups is 1. The van der Waals surface area contributed by atoms with E-state index in [1.165, 1.54) is 12.0 Å². The first-order chi connectivity index (χ1) is 10.9. The van der Waals surface area contributed by atoms with E-state index in [2.05, 4.69) is 5.32 Å². The van der Waals surface area contributed by atoms with Crippen LogP contribution in [0, 0.1) is 5.92 Å². The summed E-state index contributed by atoms with van der Waals surface area (Å²) in [7, 11) is 3.03. The SMILES string of the molecule is COC(=O)[C@H](C(C)C)N(C)C(=O)N1CCC2(CC1)CNCCO2. The van der Waals surface area contributed by atoms with Crippen LogP contribution in [0.15, 0.2) is 0 Å². The molecule has 2 fully saturated rings. The van der Waals surface area contributed by atoms with E-state index in [1.807, 2.05) is 18.7 Å². The molecule has 0 aliphatic carbocycles. The Morgan fingerprint density at radius 3 is 2.43 bits per heavy atom. The monoisotopic (exact) mass is 327 g/mol. The topological polar surface area (TPSA) is 71.1 Å². The summed E-state index contributed by atoms with van der Waals surface area (Å²) in [6, 6.07) is -0.677. The fourth-order valence-corrected chi connectivity index (χ4v) is 3.47. The van der Waals surface area contributed by atoms with Crippen LogP contribution in [0.3, 0.4) is 0 Å². The zero-order chi connectivity index (χ0) is 17.0. The number of esters is 1. The first-order valence-corrected chi connectivity index (χ1v) is 8.34. The molecule has 2 aliphatic heterocycles. The summed E-state index contributed by atoms with van der Waals surface area (Å²) in [5.41, 5.74) is -0.132. The van der Waals surface area contributed by atoms with Gasteiger partial charge in [-0.05, 0) is 18.8 Å². The van der Waals surface area contributed by atoms with Crippen LogP contribution < -0.4 is 5.32 Å². The van der Waals surface area contributed by atoms with Crippen molar-refractivity contribution in [3.63, 3.8) is 0 Å². The van der Waals surface area contributed by atoms with Gasteiger partial charge in [0.15, 0.2) is 0 Å². The lowest BCUT2D eigenvalue weighted by molar-refractivity contribution is -0.147. The molecule has 2 rings (SSSR count). The standard InChI is InChI=1S/C16H29N3O4/c1-12(2)13(14(20)22-4)18(3)15(21)19-8-5-16(6-9-19)11-17-7-10-23-16/h12-13,17H,5-11H2,1-4H3/t13-/m0/s1. The van der Waals surface area contributed by atoms with Gasteiger partial charge in [0.2, 0.25) is 0 Å². The number of piperidine rings is 1. The van der Waals surface area contributed by atoms with Crippen LogP contribution >= 0.6 is 0 Å². The Labute approximate surface area is 138 Å². The summed E-state index contributed by atoms with van der Waals surface area (Å²) in [5.74, 6) is -0.373. The summed E-state index contributed by atoms with van der Waals surface area (Å²) in [6.07, 6.45) is 1.65. The van der Waals surface area contributed by atoms with Gasteiger partial charge in [0.05, 0.1) is 19.3 Å². The molecule has 0 aromatic heterocycles. The number of hydrogen-bond donors (Lipinski definition) is 1. The Balaban J connectivity index is 1.96. The first-order valence-electron chi connectivity index (χ1n) is 8.34. The van der Waals surface area contributed by atoms with E-state index in [1.54, 1.807) is 7.05 Å². The van der Waals surface area contributed by atoms with Crippen LogP contribution in [0.1, 0.15) is 26.7 Å². The molecule has 0 saturated carbocycles. The predicted molar refractivity (Wildman–Crippen MR) is 86.2 cm³/mol. The number of rotatable bonds is 3. The number of morpholine rings is 1. The Morgan fingerprint density at radius 1 is 1.30 bits per heavy atom. The zero-order valence-corrected chi connectivity index (χ0v) is 14.6. The van der Waals surface area contributed by atoms with Gasteiger partial charge in [0, 0.05) is 33.2 Å². The second-order valence-corrected chi connectivity index (χ2v) is 6.80. The minimum absolute atomic E-state index is 0.00147. The van der Waals surface area contributed by atoms with E-state index >= 15 is 0 Å². The maximum Gasteiger partial charge on any atom is 0.328 e. The number of likely N-dealkylation sites (N-methyl/N-ethyl adjacent to an activating group) is 1. The van der Waals surface area contributed by atoms with Gasteiger partial charge in [-0.2, -0.15) is 0 Å². The number of hydrogen-bond acceptors (Lipinski definition) is 5. The number of nitrogens with one attached hydrogen (secondary N) is 1. The molecule has 0 unspecified atom stereocenters. The van der Waals surface area contributed by atoms with Crippen molar-refractivity contribution in [2.75, 3.05) is 46.9 Å². The lowest BCUT2D eigenvalue weighted by Crippen LogP contribution is -2.59. The molecule has 2 amide bonds. The molecule has 1 atom stereocenters. The highest BCUT2D eigenvalue weighted by molar-refractivity contribution is 5.83.